The van der Waals surface area contributed by atoms with Crippen molar-refractivity contribution in [1.29, 1.82) is 0 Å². The lowest BCUT2D eigenvalue weighted by atomic mass is 10.1. The van der Waals surface area contributed by atoms with Crippen LogP contribution >= 0.6 is 11.8 Å². The number of hydrogen-bond acceptors (Lipinski definition) is 4. The SMILES string of the molecule is CCCCN(CC(=O)N1CCS[C@H]1c1ccc(F)cc1)Cc1cccc(OC)c1. The second kappa shape index (κ2) is 10.6. The Kier molecular flexibility index (Phi) is 7.95. The molecule has 1 fully saturated rings. The van der Waals surface area contributed by atoms with Gasteiger partial charge in [0.1, 0.15) is 16.9 Å². The van der Waals surface area contributed by atoms with E-state index in [9.17, 15) is 9.18 Å². The van der Waals surface area contributed by atoms with Crippen molar-refractivity contribution in [2.75, 3.05) is 32.5 Å². The second-order valence-electron chi connectivity index (χ2n) is 7.28. The van der Waals surface area contributed by atoms with Crippen LogP contribution in [-0.2, 0) is 11.3 Å². The van der Waals surface area contributed by atoms with Gasteiger partial charge in [-0.05, 0) is 48.4 Å². The van der Waals surface area contributed by atoms with E-state index in [-0.39, 0.29) is 17.1 Å². The minimum Gasteiger partial charge on any atom is -0.497 e. The van der Waals surface area contributed by atoms with Gasteiger partial charge in [-0.25, -0.2) is 4.39 Å². The van der Waals surface area contributed by atoms with Crippen molar-refractivity contribution in [2.24, 2.45) is 0 Å². The highest BCUT2D eigenvalue weighted by Crippen LogP contribution is 2.38. The molecule has 0 bridgehead atoms. The number of carbonyl (C=O) groups is 1. The number of hydrogen-bond donors (Lipinski definition) is 0. The van der Waals surface area contributed by atoms with Gasteiger partial charge in [0, 0.05) is 18.8 Å². The van der Waals surface area contributed by atoms with Gasteiger partial charge >= 0.3 is 0 Å². The van der Waals surface area contributed by atoms with Crippen LogP contribution in [0.3, 0.4) is 0 Å². The lowest BCUT2D eigenvalue weighted by molar-refractivity contribution is -0.132. The summed E-state index contributed by atoms with van der Waals surface area (Å²) in [5, 5.41) is -0.0343. The van der Waals surface area contributed by atoms with Gasteiger partial charge in [-0.15, -0.1) is 11.8 Å². The first-order valence-corrected chi connectivity index (χ1v) is 11.2. The maximum atomic E-state index is 13.3. The first kappa shape index (κ1) is 21.7. The van der Waals surface area contributed by atoms with Crippen molar-refractivity contribution in [3.05, 3.63) is 65.5 Å². The van der Waals surface area contributed by atoms with E-state index < -0.39 is 0 Å². The summed E-state index contributed by atoms with van der Waals surface area (Å²) in [4.78, 5) is 17.3. The highest BCUT2D eigenvalue weighted by atomic mass is 32.2. The molecule has 1 aliphatic rings. The zero-order chi connectivity index (χ0) is 20.6. The number of carbonyl (C=O) groups excluding carboxylic acids is 1. The smallest absolute Gasteiger partial charge is 0.237 e. The average molecular weight is 417 g/mol. The second-order valence-corrected chi connectivity index (χ2v) is 8.47. The summed E-state index contributed by atoms with van der Waals surface area (Å²) in [7, 11) is 1.66. The van der Waals surface area contributed by atoms with Gasteiger partial charge in [0.05, 0.1) is 13.7 Å². The number of benzene rings is 2. The molecule has 0 spiro atoms. The van der Waals surface area contributed by atoms with Crippen molar-refractivity contribution < 1.29 is 13.9 Å². The summed E-state index contributed by atoms with van der Waals surface area (Å²) < 4.78 is 18.6. The molecule has 6 heteroatoms. The molecule has 2 aromatic carbocycles. The molecule has 1 atom stereocenters. The van der Waals surface area contributed by atoms with Gasteiger partial charge in [0.25, 0.3) is 0 Å². The zero-order valence-electron chi connectivity index (χ0n) is 17.1. The molecule has 3 rings (SSSR count). The van der Waals surface area contributed by atoms with Gasteiger partial charge < -0.3 is 9.64 Å². The van der Waals surface area contributed by atoms with Crippen LogP contribution in [0.2, 0.25) is 0 Å². The van der Waals surface area contributed by atoms with Crippen molar-refractivity contribution in [3.8, 4) is 5.75 Å². The van der Waals surface area contributed by atoms with Crippen LogP contribution in [0.4, 0.5) is 4.39 Å². The molecule has 1 amide bonds. The first-order valence-electron chi connectivity index (χ1n) is 10.1. The highest BCUT2D eigenvalue weighted by Gasteiger charge is 2.31. The highest BCUT2D eigenvalue weighted by molar-refractivity contribution is 7.99. The lowest BCUT2D eigenvalue weighted by Crippen LogP contribution is -2.40. The van der Waals surface area contributed by atoms with E-state index in [1.54, 1.807) is 31.0 Å². The summed E-state index contributed by atoms with van der Waals surface area (Å²) in [6, 6.07) is 14.5. The van der Waals surface area contributed by atoms with E-state index in [0.717, 1.165) is 48.6 Å². The van der Waals surface area contributed by atoms with Crippen LogP contribution in [0.15, 0.2) is 48.5 Å². The maximum absolute atomic E-state index is 13.3. The molecule has 4 nitrogen and oxygen atoms in total. The van der Waals surface area contributed by atoms with Crippen molar-refractivity contribution in [2.45, 2.75) is 31.7 Å². The summed E-state index contributed by atoms with van der Waals surface area (Å²) in [5.41, 5.74) is 2.12. The molecule has 0 radical (unpaired) electrons. The number of halogens is 1. The summed E-state index contributed by atoms with van der Waals surface area (Å²) in [6.45, 7) is 4.86. The van der Waals surface area contributed by atoms with Gasteiger partial charge in [-0.3, -0.25) is 9.69 Å². The normalized spacial score (nSPS) is 16.4. The van der Waals surface area contributed by atoms with Crippen LogP contribution in [-0.4, -0.2) is 48.2 Å². The average Bonchev–Trinajstić information content (AvgIpc) is 3.22. The van der Waals surface area contributed by atoms with E-state index >= 15 is 0 Å². The Morgan fingerprint density at radius 1 is 1.28 bits per heavy atom. The largest absolute Gasteiger partial charge is 0.497 e. The van der Waals surface area contributed by atoms with Gasteiger partial charge in [0.15, 0.2) is 0 Å². The molecular formula is C23H29FN2O2S. The van der Waals surface area contributed by atoms with Gasteiger partial charge in [0.2, 0.25) is 5.91 Å². The zero-order valence-corrected chi connectivity index (χ0v) is 18.0. The Hall–Kier alpha value is -2.05. The lowest BCUT2D eigenvalue weighted by Gasteiger charge is -2.28. The van der Waals surface area contributed by atoms with Gasteiger partial charge in [-0.1, -0.05) is 37.6 Å². The van der Waals surface area contributed by atoms with Crippen LogP contribution in [0.1, 0.15) is 36.3 Å². The van der Waals surface area contributed by atoms with Crippen LogP contribution in [0.5, 0.6) is 5.75 Å². The summed E-state index contributed by atoms with van der Waals surface area (Å²) in [5.74, 6) is 1.61. The minimum atomic E-state index is -0.251. The number of amides is 1. The molecule has 0 saturated carbocycles. The Balaban J connectivity index is 1.68. The van der Waals surface area contributed by atoms with Crippen molar-refractivity contribution >= 4 is 17.7 Å². The van der Waals surface area contributed by atoms with Crippen LogP contribution in [0.25, 0.3) is 0 Å². The van der Waals surface area contributed by atoms with E-state index in [1.807, 2.05) is 23.1 Å². The molecule has 1 saturated heterocycles. The Morgan fingerprint density at radius 2 is 2.07 bits per heavy atom. The van der Waals surface area contributed by atoms with Gasteiger partial charge in [-0.2, -0.15) is 0 Å². The number of thioether (sulfide) groups is 1. The van der Waals surface area contributed by atoms with Crippen LogP contribution in [0, 0.1) is 5.82 Å². The minimum absolute atomic E-state index is 0.0343. The molecule has 29 heavy (non-hydrogen) atoms. The molecule has 1 aliphatic heterocycles. The van der Waals surface area contributed by atoms with Crippen LogP contribution < -0.4 is 4.74 Å². The predicted octanol–water partition coefficient (Wildman–Crippen LogP) is 4.71. The fourth-order valence-electron chi connectivity index (χ4n) is 3.54. The molecule has 2 aromatic rings. The fourth-order valence-corrected chi connectivity index (χ4v) is 4.81. The number of unbranched alkanes of at least 4 members (excludes halogenated alkanes) is 1. The van der Waals surface area contributed by atoms with E-state index in [1.165, 1.54) is 12.1 Å². The third kappa shape index (κ3) is 5.97. The molecule has 1 heterocycles. The van der Waals surface area contributed by atoms with E-state index in [2.05, 4.69) is 17.9 Å². The monoisotopic (exact) mass is 416 g/mol. The number of methoxy groups -OCH3 is 1. The Bertz CT molecular complexity index is 800. The standard InChI is InChI=1S/C23H29FN2O2S/c1-3-4-12-25(16-18-6-5-7-21(15-18)28-2)17-22(27)26-13-14-29-23(26)19-8-10-20(24)11-9-19/h5-11,15,23H,3-4,12-14,16-17H2,1-2H3/t23-/m0/s1. The van der Waals surface area contributed by atoms with E-state index in [0.29, 0.717) is 13.1 Å². The molecule has 0 N–H and O–H groups in total. The quantitative estimate of drug-likeness (QED) is 0.593. The number of ether oxygens (including phenoxy) is 1. The molecule has 0 aromatic heterocycles. The summed E-state index contributed by atoms with van der Waals surface area (Å²) in [6.07, 6.45) is 2.13. The fraction of sp³-hybridized carbons (Fsp3) is 0.435. The topological polar surface area (TPSA) is 32.8 Å². The van der Waals surface area contributed by atoms with Crippen molar-refractivity contribution in [3.63, 3.8) is 0 Å². The molecule has 0 aliphatic carbocycles. The van der Waals surface area contributed by atoms with Crippen molar-refractivity contribution in [1.82, 2.24) is 9.80 Å². The molecule has 156 valence electrons. The first-order chi connectivity index (χ1) is 14.1. The summed E-state index contributed by atoms with van der Waals surface area (Å²) >= 11 is 1.74. The Labute approximate surface area is 177 Å². The Morgan fingerprint density at radius 3 is 2.79 bits per heavy atom. The number of nitrogens with zero attached hydrogens (tertiary/aromatic N) is 2. The molecular weight excluding hydrogens is 387 g/mol. The molecule has 0 unspecified atom stereocenters. The third-order valence-electron chi connectivity index (χ3n) is 5.09. The predicted molar refractivity (Wildman–Crippen MR) is 116 cm³/mol. The maximum Gasteiger partial charge on any atom is 0.237 e. The number of rotatable bonds is 9. The third-order valence-corrected chi connectivity index (χ3v) is 6.35. The van der Waals surface area contributed by atoms with E-state index in [4.69, 9.17) is 4.74 Å².